The Kier molecular flexibility index (Phi) is 2.95. The molecule has 0 fully saturated rings. The van der Waals surface area contributed by atoms with Crippen molar-refractivity contribution < 1.29 is 4.79 Å². The number of carbonyl (C=O) groups is 1. The summed E-state index contributed by atoms with van der Waals surface area (Å²) >= 11 is 0. The van der Waals surface area contributed by atoms with Gasteiger partial charge >= 0.3 is 0 Å². The first-order valence-electron chi connectivity index (χ1n) is 5.38. The third kappa shape index (κ3) is 2.20. The van der Waals surface area contributed by atoms with Crippen LogP contribution in [0.15, 0.2) is 6.20 Å². The zero-order chi connectivity index (χ0) is 12.4. The zero-order valence-corrected chi connectivity index (χ0v) is 10.1. The van der Waals surface area contributed by atoms with E-state index in [-0.39, 0.29) is 5.91 Å². The van der Waals surface area contributed by atoms with Gasteiger partial charge in [-0.05, 0) is 20.8 Å². The van der Waals surface area contributed by atoms with Crippen LogP contribution in [0.2, 0.25) is 0 Å². The van der Waals surface area contributed by atoms with Gasteiger partial charge in [-0.1, -0.05) is 0 Å². The molecule has 2 rings (SSSR count). The summed E-state index contributed by atoms with van der Waals surface area (Å²) in [5, 5.41) is 16.4. The van der Waals surface area contributed by atoms with Gasteiger partial charge in [0.25, 0.3) is 5.91 Å². The molecule has 0 saturated heterocycles. The van der Waals surface area contributed by atoms with Crippen LogP contribution in [0.1, 0.15) is 33.0 Å². The maximum atomic E-state index is 12.0. The summed E-state index contributed by atoms with van der Waals surface area (Å²) in [5.74, 6) is -0.116. The van der Waals surface area contributed by atoms with Crippen LogP contribution in [0.3, 0.4) is 0 Å². The molecule has 2 heterocycles. The highest BCUT2D eigenvalue weighted by atomic mass is 16.1. The fraction of sp³-hybridized carbons (Fsp3) is 0.364. The van der Waals surface area contributed by atoms with E-state index < -0.39 is 0 Å². The van der Waals surface area contributed by atoms with Crippen LogP contribution in [0.25, 0.3) is 0 Å². The van der Waals surface area contributed by atoms with Gasteiger partial charge in [-0.2, -0.15) is 10.2 Å². The van der Waals surface area contributed by atoms with Gasteiger partial charge in [-0.3, -0.25) is 15.0 Å². The van der Waals surface area contributed by atoms with E-state index in [0.29, 0.717) is 17.8 Å². The van der Waals surface area contributed by atoms with E-state index in [2.05, 4.69) is 25.7 Å². The number of H-pyrrole nitrogens is 2. The number of aryl methyl sites for hydroxylation is 3. The lowest BCUT2D eigenvalue weighted by molar-refractivity contribution is 0.0949. The molecule has 1 amide bonds. The average Bonchev–Trinajstić information content (AvgIpc) is 2.83. The van der Waals surface area contributed by atoms with Crippen LogP contribution in [0.4, 0.5) is 0 Å². The molecule has 0 unspecified atom stereocenters. The maximum absolute atomic E-state index is 12.0. The lowest BCUT2D eigenvalue weighted by Crippen LogP contribution is -2.24. The quantitative estimate of drug-likeness (QED) is 0.738. The minimum absolute atomic E-state index is 0.116. The Morgan fingerprint density at radius 3 is 2.59 bits per heavy atom. The molecule has 6 heteroatoms. The number of nitrogens with zero attached hydrogens (tertiary/aromatic N) is 2. The predicted molar refractivity (Wildman–Crippen MR) is 62.6 cm³/mol. The average molecular weight is 233 g/mol. The number of hydrogen-bond donors (Lipinski definition) is 3. The summed E-state index contributed by atoms with van der Waals surface area (Å²) in [6, 6.07) is 0. The molecule has 0 aliphatic rings. The second-order valence-corrected chi connectivity index (χ2v) is 4.01. The molecule has 0 aliphatic heterocycles. The molecule has 0 spiro atoms. The Balaban J connectivity index is 2.06. The van der Waals surface area contributed by atoms with E-state index in [1.807, 2.05) is 20.8 Å². The first-order valence-corrected chi connectivity index (χ1v) is 5.38. The highest BCUT2D eigenvalue weighted by Gasteiger charge is 2.15. The fourth-order valence-corrected chi connectivity index (χ4v) is 1.70. The van der Waals surface area contributed by atoms with E-state index in [4.69, 9.17) is 0 Å². The third-order valence-electron chi connectivity index (χ3n) is 2.73. The number of amides is 1. The summed E-state index contributed by atoms with van der Waals surface area (Å²) in [6.07, 6.45) is 1.71. The first kappa shape index (κ1) is 11.4. The van der Waals surface area contributed by atoms with Crippen LogP contribution in [-0.4, -0.2) is 26.3 Å². The standard InChI is InChI=1S/C11H15N5O/c1-6-9(5-13-14-6)4-12-11(17)10-7(2)15-16-8(10)3/h5H,4H2,1-3H3,(H,12,17)(H,13,14)(H,15,16). The highest BCUT2D eigenvalue weighted by Crippen LogP contribution is 2.09. The van der Waals surface area contributed by atoms with Gasteiger partial charge in [0.1, 0.15) is 0 Å². The molecule has 0 bridgehead atoms. The van der Waals surface area contributed by atoms with Crippen molar-refractivity contribution in [2.24, 2.45) is 0 Å². The second-order valence-electron chi connectivity index (χ2n) is 4.01. The third-order valence-corrected chi connectivity index (χ3v) is 2.73. The molecule has 0 saturated carbocycles. The minimum Gasteiger partial charge on any atom is -0.348 e. The monoisotopic (exact) mass is 233 g/mol. The van der Waals surface area contributed by atoms with Gasteiger partial charge in [0, 0.05) is 23.5 Å². The lowest BCUT2D eigenvalue weighted by atomic mass is 10.2. The van der Waals surface area contributed by atoms with Crippen LogP contribution < -0.4 is 5.32 Å². The molecule has 90 valence electrons. The van der Waals surface area contributed by atoms with E-state index in [1.54, 1.807) is 6.20 Å². The molecule has 17 heavy (non-hydrogen) atoms. The van der Waals surface area contributed by atoms with Crippen molar-refractivity contribution in [3.8, 4) is 0 Å². The van der Waals surface area contributed by atoms with Gasteiger partial charge < -0.3 is 5.32 Å². The molecular weight excluding hydrogens is 218 g/mol. The first-order chi connectivity index (χ1) is 8.09. The summed E-state index contributed by atoms with van der Waals surface area (Å²) in [4.78, 5) is 12.0. The molecule has 0 atom stereocenters. The zero-order valence-electron chi connectivity index (χ0n) is 10.1. The Bertz CT molecular complexity index is 520. The largest absolute Gasteiger partial charge is 0.348 e. The Labute approximate surface area is 98.8 Å². The molecule has 0 aromatic carbocycles. The van der Waals surface area contributed by atoms with Crippen molar-refractivity contribution in [2.75, 3.05) is 0 Å². The van der Waals surface area contributed by atoms with Gasteiger partial charge in [-0.15, -0.1) is 0 Å². The summed E-state index contributed by atoms with van der Waals surface area (Å²) in [7, 11) is 0. The second kappa shape index (κ2) is 4.40. The highest BCUT2D eigenvalue weighted by molar-refractivity contribution is 5.96. The number of rotatable bonds is 3. The SMILES string of the molecule is Cc1n[nH]c(C)c1C(=O)NCc1cn[nH]c1C. The van der Waals surface area contributed by atoms with Gasteiger partial charge in [0.2, 0.25) is 0 Å². The fourth-order valence-electron chi connectivity index (χ4n) is 1.70. The van der Waals surface area contributed by atoms with Crippen LogP contribution in [0.5, 0.6) is 0 Å². The topological polar surface area (TPSA) is 86.5 Å². The molecule has 6 nitrogen and oxygen atoms in total. The molecule has 0 radical (unpaired) electrons. The van der Waals surface area contributed by atoms with E-state index in [9.17, 15) is 4.79 Å². The van der Waals surface area contributed by atoms with Crippen molar-refractivity contribution in [3.05, 3.63) is 34.4 Å². The van der Waals surface area contributed by atoms with E-state index in [0.717, 1.165) is 17.0 Å². The summed E-state index contributed by atoms with van der Waals surface area (Å²) in [5.41, 5.74) is 4.06. The summed E-state index contributed by atoms with van der Waals surface area (Å²) in [6.45, 7) is 6.02. The number of nitrogens with one attached hydrogen (secondary N) is 3. The van der Waals surface area contributed by atoms with Crippen LogP contribution in [-0.2, 0) is 6.54 Å². The van der Waals surface area contributed by atoms with E-state index >= 15 is 0 Å². The number of aromatic amines is 2. The molecule has 2 aromatic rings. The number of aromatic nitrogens is 4. The van der Waals surface area contributed by atoms with Gasteiger partial charge in [0.15, 0.2) is 0 Å². The Hall–Kier alpha value is -2.11. The lowest BCUT2D eigenvalue weighted by Gasteiger charge is -2.04. The number of carbonyl (C=O) groups excluding carboxylic acids is 1. The van der Waals surface area contributed by atoms with Crippen LogP contribution in [0, 0.1) is 20.8 Å². The van der Waals surface area contributed by atoms with Crippen molar-refractivity contribution in [2.45, 2.75) is 27.3 Å². The molecular formula is C11H15N5O. The predicted octanol–water partition coefficient (Wildman–Crippen LogP) is 0.988. The van der Waals surface area contributed by atoms with Crippen molar-refractivity contribution in [1.82, 2.24) is 25.7 Å². The van der Waals surface area contributed by atoms with Gasteiger partial charge in [-0.25, -0.2) is 0 Å². The molecule has 0 aliphatic carbocycles. The van der Waals surface area contributed by atoms with Crippen molar-refractivity contribution in [3.63, 3.8) is 0 Å². The maximum Gasteiger partial charge on any atom is 0.255 e. The van der Waals surface area contributed by atoms with Crippen molar-refractivity contribution in [1.29, 1.82) is 0 Å². The molecule has 3 N–H and O–H groups in total. The summed E-state index contributed by atoms with van der Waals surface area (Å²) < 4.78 is 0. The number of hydrogen-bond acceptors (Lipinski definition) is 3. The molecule has 2 aromatic heterocycles. The van der Waals surface area contributed by atoms with Crippen LogP contribution >= 0.6 is 0 Å². The smallest absolute Gasteiger partial charge is 0.255 e. The Morgan fingerprint density at radius 2 is 2.06 bits per heavy atom. The van der Waals surface area contributed by atoms with E-state index in [1.165, 1.54) is 0 Å². The Morgan fingerprint density at radius 1 is 1.29 bits per heavy atom. The van der Waals surface area contributed by atoms with Gasteiger partial charge in [0.05, 0.1) is 17.5 Å². The normalized spacial score (nSPS) is 10.5. The minimum atomic E-state index is -0.116. The van der Waals surface area contributed by atoms with Crippen molar-refractivity contribution >= 4 is 5.91 Å².